The maximum absolute atomic E-state index is 13.9. The minimum absolute atomic E-state index is 0.446. The van der Waals surface area contributed by atoms with Crippen LogP contribution in [0.15, 0.2) is 36.4 Å². The third kappa shape index (κ3) is 3.42. The van der Waals surface area contributed by atoms with Crippen LogP contribution < -0.4 is 5.32 Å². The van der Waals surface area contributed by atoms with E-state index < -0.39 is 11.6 Å². The lowest BCUT2D eigenvalue weighted by Crippen LogP contribution is -2.13. The maximum Gasteiger partial charge on any atom is 0.133 e. The number of nitrogens with one attached hydrogen (secondary N) is 1. The summed E-state index contributed by atoms with van der Waals surface area (Å²) in [5.41, 5.74) is 2.77. The van der Waals surface area contributed by atoms with E-state index in [-0.39, 0.29) is 0 Å². The van der Waals surface area contributed by atoms with Crippen LogP contribution in [-0.4, -0.2) is 6.54 Å². The van der Waals surface area contributed by atoms with E-state index in [0.717, 1.165) is 36.7 Å². The molecule has 0 aliphatic carbocycles. The van der Waals surface area contributed by atoms with Gasteiger partial charge in [0.25, 0.3) is 0 Å². The van der Waals surface area contributed by atoms with E-state index >= 15 is 0 Å². The number of aryl methyl sites for hydroxylation is 1. The SMILES string of the molecule is CCCNCc1cccc(-c2cc(C)c(F)cc2F)c1. The molecule has 3 heteroatoms. The molecule has 0 aromatic heterocycles. The van der Waals surface area contributed by atoms with Crippen LogP contribution >= 0.6 is 0 Å². The van der Waals surface area contributed by atoms with E-state index in [2.05, 4.69) is 12.2 Å². The van der Waals surface area contributed by atoms with Crippen molar-refractivity contribution >= 4 is 0 Å². The Balaban J connectivity index is 2.29. The molecule has 0 fully saturated rings. The fourth-order valence-corrected chi connectivity index (χ4v) is 2.14. The maximum atomic E-state index is 13.9. The number of hydrogen-bond acceptors (Lipinski definition) is 1. The second-order valence-corrected chi connectivity index (χ2v) is 4.96. The molecule has 0 atom stereocenters. The molecule has 1 nitrogen and oxygen atoms in total. The van der Waals surface area contributed by atoms with Crippen molar-refractivity contribution in [3.63, 3.8) is 0 Å². The Labute approximate surface area is 118 Å². The summed E-state index contributed by atoms with van der Waals surface area (Å²) in [6, 6.07) is 10.2. The normalized spacial score (nSPS) is 10.8. The molecule has 2 aromatic rings. The highest BCUT2D eigenvalue weighted by atomic mass is 19.1. The highest BCUT2D eigenvalue weighted by Crippen LogP contribution is 2.26. The first-order valence-electron chi connectivity index (χ1n) is 6.87. The van der Waals surface area contributed by atoms with Crippen LogP contribution in [0.4, 0.5) is 8.78 Å². The van der Waals surface area contributed by atoms with Crippen LogP contribution in [0, 0.1) is 18.6 Å². The topological polar surface area (TPSA) is 12.0 Å². The van der Waals surface area contributed by atoms with Crippen molar-refractivity contribution in [3.8, 4) is 11.1 Å². The molecule has 0 aliphatic rings. The molecular weight excluding hydrogens is 256 g/mol. The number of halogens is 2. The van der Waals surface area contributed by atoms with Gasteiger partial charge in [-0.3, -0.25) is 0 Å². The Morgan fingerprint density at radius 3 is 2.60 bits per heavy atom. The Bertz CT molecular complexity index is 594. The smallest absolute Gasteiger partial charge is 0.133 e. The minimum atomic E-state index is -0.522. The van der Waals surface area contributed by atoms with E-state index in [1.54, 1.807) is 13.0 Å². The minimum Gasteiger partial charge on any atom is -0.313 e. The van der Waals surface area contributed by atoms with Crippen molar-refractivity contribution in [2.45, 2.75) is 26.8 Å². The van der Waals surface area contributed by atoms with Crippen LogP contribution in [0.25, 0.3) is 11.1 Å². The fourth-order valence-electron chi connectivity index (χ4n) is 2.14. The number of rotatable bonds is 5. The van der Waals surface area contributed by atoms with Gasteiger partial charge in [-0.15, -0.1) is 0 Å². The zero-order chi connectivity index (χ0) is 14.5. The van der Waals surface area contributed by atoms with E-state index in [0.29, 0.717) is 11.1 Å². The van der Waals surface area contributed by atoms with Crippen molar-refractivity contribution in [3.05, 3.63) is 59.2 Å². The molecule has 0 heterocycles. The van der Waals surface area contributed by atoms with E-state index in [1.165, 1.54) is 0 Å². The summed E-state index contributed by atoms with van der Waals surface area (Å²) in [6.45, 7) is 5.46. The fraction of sp³-hybridized carbons (Fsp3) is 0.294. The van der Waals surface area contributed by atoms with Crippen molar-refractivity contribution in [2.75, 3.05) is 6.54 Å². The second kappa shape index (κ2) is 6.62. The summed E-state index contributed by atoms with van der Waals surface area (Å²) in [7, 11) is 0. The van der Waals surface area contributed by atoms with Crippen LogP contribution in [0.1, 0.15) is 24.5 Å². The lowest BCUT2D eigenvalue weighted by molar-refractivity contribution is 0.579. The van der Waals surface area contributed by atoms with Gasteiger partial charge in [-0.2, -0.15) is 0 Å². The highest BCUT2D eigenvalue weighted by Gasteiger charge is 2.09. The van der Waals surface area contributed by atoms with Gasteiger partial charge in [0.2, 0.25) is 0 Å². The molecular formula is C17H19F2N. The first-order chi connectivity index (χ1) is 9.61. The zero-order valence-corrected chi connectivity index (χ0v) is 11.8. The Kier molecular flexibility index (Phi) is 4.85. The Hall–Kier alpha value is -1.74. The molecule has 0 amide bonds. The molecule has 2 aromatic carbocycles. The summed E-state index contributed by atoms with van der Waals surface area (Å²) in [4.78, 5) is 0. The molecule has 1 N–H and O–H groups in total. The largest absolute Gasteiger partial charge is 0.313 e. The van der Waals surface area contributed by atoms with Crippen molar-refractivity contribution in [2.24, 2.45) is 0 Å². The number of hydrogen-bond donors (Lipinski definition) is 1. The second-order valence-electron chi connectivity index (χ2n) is 4.96. The number of benzene rings is 2. The van der Waals surface area contributed by atoms with Crippen molar-refractivity contribution in [1.82, 2.24) is 5.32 Å². The van der Waals surface area contributed by atoms with Crippen molar-refractivity contribution in [1.29, 1.82) is 0 Å². The molecule has 0 saturated carbocycles. The van der Waals surface area contributed by atoms with E-state index in [1.807, 2.05) is 24.3 Å². The molecule has 0 aliphatic heterocycles. The lowest BCUT2D eigenvalue weighted by Gasteiger charge is -2.09. The van der Waals surface area contributed by atoms with Crippen LogP contribution in [0.5, 0.6) is 0 Å². The molecule has 0 radical (unpaired) electrons. The monoisotopic (exact) mass is 275 g/mol. The zero-order valence-electron chi connectivity index (χ0n) is 11.8. The lowest BCUT2D eigenvalue weighted by atomic mass is 10.0. The third-order valence-corrected chi connectivity index (χ3v) is 3.24. The van der Waals surface area contributed by atoms with Gasteiger partial charge in [0.1, 0.15) is 11.6 Å². The average Bonchev–Trinajstić information content (AvgIpc) is 2.43. The molecule has 0 spiro atoms. The predicted octanol–water partition coefficient (Wildman–Crippen LogP) is 4.44. The molecule has 0 bridgehead atoms. The van der Waals surface area contributed by atoms with Crippen molar-refractivity contribution < 1.29 is 8.78 Å². The summed E-state index contributed by atoms with van der Waals surface area (Å²) in [6.07, 6.45) is 1.07. The van der Waals surface area contributed by atoms with Gasteiger partial charge in [-0.05, 0) is 48.7 Å². The molecule has 2 rings (SSSR count). The summed E-state index contributed by atoms with van der Waals surface area (Å²) < 4.78 is 27.2. The molecule has 20 heavy (non-hydrogen) atoms. The summed E-state index contributed by atoms with van der Waals surface area (Å²) in [5.74, 6) is -1.03. The quantitative estimate of drug-likeness (QED) is 0.795. The standard InChI is InChI=1S/C17H19F2N/c1-3-7-20-11-13-5-4-6-14(9-13)15-8-12(2)16(18)10-17(15)19/h4-6,8-10,20H,3,7,11H2,1-2H3. The Morgan fingerprint density at radius 1 is 1.05 bits per heavy atom. The van der Waals surface area contributed by atoms with Gasteiger partial charge in [0, 0.05) is 18.2 Å². The highest BCUT2D eigenvalue weighted by molar-refractivity contribution is 5.65. The van der Waals surface area contributed by atoms with Crippen LogP contribution in [0.3, 0.4) is 0 Å². The molecule has 0 saturated heterocycles. The first-order valence-corrected chi connectivity index (χ1v) is 6.87. The third-order valence-electron chi connectivity index (χ3n) is 3.24. The van der Waals surface area contributed by atoms with Gasteiger partial charge in [0.05, 0.1) is 0 Å². The Morgan fingerprint density at radius 2 is 1.85 bits per heavy atom. The summed E-state index contributed by atoms with van der Waals surface area (Å²) in [5, 5.41) is 3.31. The van der Waals surface area contributed by atoms with Gasteiger partial charge in [-0.1, -0.05) is 25.1 Å². The molecule has 106 valence electrons. The van der Waals surface area contributed by atoms with E-state index in [4.69, 9.17) is 0 Å². The average molecular weight is 275 g/mol. The van der Waals surface area contributed by atoms with Gasteiger partial charge >= 0.3 is 0 Å². The predicted molar refractivity (Wildman–Crippen MR) is 78.5 cm³/mol. The first kappa shape index (κ1) is 14.7. The van der Waals surface area contributed by atoms with Crippen LogP contribution in [-0.2, 0) is 6.54 Å². The van der Waals surface area contributed by atoms with Gasteiger partial charge in [0.15, 0.2) is 0 Å². The van der Waals surface area contributed by atoms with Gasteiger partial charge in [-0.25, -0.2) is 8.78 Å². The van der Waals surface area contributed by atoms with E-state index in [9.17, 15) is 8.78 Å². The molecule has 0 unspecified atom stereocenters. The summed E-state index contributed by atoms with van der Waals surface area (Å²) >= 11 is 0. The van der Waals surface area contributed by atoms with Crippen LogP contribution in [0.2, 0.25) is 0 Å². The van der Waals surface area contributed by atoms with Gasteiger partial charge < -0.3 is 5.32 Å².